The second-order valence-electron chi connectivity index (χ2n) is 5.84. The molecular weight excluding hydrogens is 252 g/mol. The van der Waals surface area contributed by atoms with Gasteiger partial charge >= 0.3 is 5.97 Å². The molecule has 2 atom stereocenters. The lowest BCUT2D eigenvalue weighted by molar-refractivity contribution is -0.147. The average Bonchev–Trinajstić information content (AvgIpc) is 2.41. The second-order valence-corrected chi connectivity index (χ2v) is 5.84. The van der Waals surface area contributed by atoms with Gasteiger partial charge in [-0.05, 0) is 31.4 Å². The van der Waals surface area contributed by atoms with Gasteiger partial charge in [-0.1, -0.05) is 23.8 Å². The van der Waals surface area contributed by atoms with Crippen LogP contribution in [0.2, 0.25) is 0 Å². The molecule has 1 aliphatic heterocycles. The van der Waals surface area contributed by atoms with Gasteiger partial charge in [0.15, 0.2) is 0 Å². The number of nitrogens with two attached hydrogens (primary N) is 1. The molecule has 1 aromatic carbocycles. The molecule has 0 radical (unpaired) electrons. The number of nitrogens with zero attached hydrogens (tertiary/aromatic N) is 1. The summed E-state index contributed by atoms with van der Waals surface area (Å²) in [5.41, 5.74) is 9.93. The van der Waals surface area contributed by atoms with Gasteiger partial charge in [0.05, 0.1) is 13.0 Å². The van der Waals surface area contributed by atoms with Crippen LogP contribution in [-0.2, 0) is 16.1 Å². The summed E-state index contributed by atoms with van der Waals surface area (Å²) in [6, 6.07) is 6.52. The first-order valence-electron chi connectivity index (χ1n) is 7.11. The molecule has 2 N–H and O–H groups in total. The summed E-state index contributed by atoms with van der Waals surface area (Å²) in [4.78, 5) is 14.0. The number of piperidine rings is 1. The minimum atomic E-state index is -0.147. The van der Waals surface area contributed by atoms with E-state index in [1.54, 1.807) is 0 Å². The lowest BCUT2D eigenvalue weighted by atomic mass is 9.94. The van der Waals surface area contributed by atoms with Gasteiger partial charge in [0.2, 0.25) is 0 Å². The summed E-state index contributed by atoms with van der Waals surface area (Å²) in [6.45, 7) is 6.63. The lowest BCUT2D eigenvalue weighted by Gasteiger charge is -2.35. The molecule has 0 aliphatic carbocycles. The third-order valence-electron chi connectivity index (χ3n) is 3.99. The number of hydrogen-bond donors (Lipinski definition) is 1. The van der Waals surface area contributed by atoms with Gasteiger partial charge < -0.3 is 10.5 Å². The number of ether oxygens (including phenoxy) is 1. The van der Waals surface area contributed by atoms with E-state index in [2.05, 4.69) is 36.9 Å². The van der Waals surface area contributed by atoms with Crippen molar-refractivity contribution in [2.75, 3.05) is 20.2 Å². The number of carbonyl (C=O) groups is 1. The lowest BCUT2D eigenvalue weighted by Crippen LogP contribution is -2.48. The minimum absolute atomic E-state index is 0.0398. The van der Waals surface area contributed by atoms with Gasteiger partial charge in [0.25, 0.3) is 0 Å². The Kier molecular flexibility index (Phi) is 4.78. The molecule has 2 rings (SSSR count). The molecule has 4 heteroatoms. The van der Waals surface area contributed by atoms with E-state index in [1.807, 2.05) is 0 Å². The standard InChI is InChI=1S/C16H24N2O2/c1-11-4-5-12(2)13(6-11)8-18-9-14(16(19)20-3)7-15(17)10-18/h4-6,14-15H,7-10,17H2,1-3H3. The normalized spacial score (nSPS) is 23.6. The fourth-order valence-electron chi connectivity index (χ4n) is 2.91. The molecular formula is C16H24N2O2. The number of rotatable bonds is 3. The second kappa shape index (κ2) is 6.37. The highest BCUT2D eigenvalue weighted by Gasteiger charge is 2.30. The van der Waals surface area contributed by atoms with Crippen molar-refractivity contribution in [3.8, 4) is 0 Å². The van der Waals surface area contributed by atoms with Gasteiger partial charge in [-0.2, -0.15) is 0 Å². The Balaban J connectivity index is 2.08. The molecule has 1 aromatic rings. The molecule has 4 nitrogen and oxygen atoms in total. The summed E-state index contributed by atoms with van der Waals surface area (Å²) in [5, 5.41) is 0. The van der Waals surface area contributed by atoms with Gasteiger partial charge in [0, 0.05) is 25.7 Å². The van der Waals surface area contributed by atoms with E-state index >= 15 is 0 Å². The number of hydrogen-bond acceptors (Lipinski definition) is 4. The summed E-state index contributed by atoms with van der Waals surface area (Å²) in [6.07, 6.45) is 0.718. The zero-order valence-electron chi connectivity index (χ0n) is 12.6. The van der Waals surface area contributed by atoms with Gasteiger partial charge in [-0.25, -0.2) is 0 Å². The van der Waals surface area contributed by atoms with E-state index in [0.717, 1.165) is 26.1 Å². The van der Waals surface area contributed by atoms with Crippen molar-refractivity contribution >= 4 is 5.97 Å². The summed E-state index contributed by atoms with van der Waals surface area (Å²) in [5.74, 6) is -0.250. The molecule has 0 bridgehead atoms. The highest BCUT2D eigenvalue weighted by molar-refractivity contribution is 5.72. The first-order valence-corrected chi connectivity index (χ1v) is 7.11. The monoisotopic (exact) mass is 276 g/mol. The molecule has 1 fully saturated rings. The van der Waals surface area contributed by atoms with Crippen LogP contribution in [0.1, 0.15) is 23.1 Å². The molecule has 20 heavy (non-hydrogen) atoms. The van der Waals surface area contributed by atoms with Crippen LogP contribution in [0.3, 0.4) is 0 Å². The Morgan fingerprint density at radius 2 is 2.15 bits per heavy atom. The molecule has 1 saturated heterocycles. The van der Waals surface area contributed by atoms with Crippen LogP contribution in [0.5, 0.6) is 0 Å². The molecule has 110 valence electrons. The van der Waals surface area contributed by atoms with Gasteiger partial charge in [-0.15, -0.1) is 0 Å². The van der Waals surface area contributed by atoms with E-state index in [-0.39, 0.29) is 17.9 Å². The van der Waals surface area contributed by atoms with E-state index in [9.17, 15) is 4.79 Å². The van der Waals surface area contributed by atoms with E-state index in [1.165, 1.54) is 23.8 Å². The Bertz CT molecular complexity index is 487. The first kappa shape index (κ1) is 15.0. The van der Waals surface area contributed by atoms with Crippen molar-refractivity contribution in [1.29, 1.82) is 0 Å². The van der Waals surface area contributed by atoms with E-state index in [4.69, 9.17) is 10.5 Å². The highest BCUT2D eigenvalue weighted by Crippen LogP contribution is 2.21. The van der Waals surface area contributed by atoms with Crippen LogP contribution in [0.15, 0.2) is 18.2 Å². The quantitative estimate of drug-likeness (QED) is 0.853. The number of benzene rings is 1. The summed E-state index contributed by atoms with van der Waals surface area (Å²) < 4.78 is 4.86. The predicted molar refractivity (Wildman–Crippen MR) is 79.3 cm³/mol. The molecule has 0 aromatic heterocycles. The number of methoxy groups -OCH3 is 1. The van der Waals surface area contributed by atoms with Crippen LogP contribution in [0, 0.1) is 19.8 Å². The largest absolute Gasteiger partial charge is 0.469 e. The predicted octanol–water partition coefficient (Wildman–Crippen LogP) is 1.63. The van der Waals surface area contributed by atoms with E-state index in [0.29, 0.717) is 0 Å². The molecule has 1 heterocycles. The topological polar surface area (TPSA) is 55.6 Å². The molecule has 0 saturated carbocycles. The first-order chi connectivity index (χ1) is 9.49. The molecule has 0 amide bonds. The van der Waals surface area contributed by atoms with Crippen molar-refractivity contribution in [2.45, 2.75) is 32.9 Å². The smallest absolute Gasteiger partial charge is 0.310 e. The van der Waals surface area contributed by atoms with Crippen molar-refractivity contribution in [1.82, 2.24) is 4.90 Å². The third kappa shape index (κ3) is 3.58. The van der Waals surface area contributed by atoms with Crippen LogP contribution in [0.4, 0.5) is 0 Å². The summed E-state index contributed by atoms with van der Waals surface area (Å²) >= 11 is 0. The molecule has 2 unspecified atom stereocenters. The number of carbonyl (C=O) groups excluding carboxylic acids is 1. The van der Waals surface area contributed by atoms with Crippen LogP contribution >= 0.6 is 0 Å². The maximum absolute atomic E-state index is 11.7. The SMILES string of the molecule is COC(=O)C1CC(N)CN(Cc2cc(C)ccc2C)C1. The number of esters is 1. The van der Waals surface area contributed by atoms with Crippen molar-refractivity contribution in [3.05, 3.63) is 34.9 Å². The van der Waals surface area contributed by atoms with E-state index < -0.39 is 0 Å². The van der Waals surface area contributed by atoms with Crippen LogP contribution in [-0.4, -0.2) is 37.1 Å². The van der Waals surface area contributed by atoms with Crippen molar-refractivity contribution in [2.24, 2.45) is 11.7 Å². The third-order valence-corrected chi connectivity index (χ3v) is 3.99. The Morgan fingerprint density at radius 3 is 2.85 bits per heavy atom. The average molecular weight is 276 g/mol. The van der Waals surface area contributed by atoms with Crippen molar-refractivity contribution in [3.63, 3.8) is 0 Å². The zero-order chi connectivity index (χ0) is 14.7. The molecule has 0 spiro atoms. The number of likely N-dealkylation sites (tertiary alicyclic amines) is 1. The fourth-order valence-corrected chi connectivity index (χ4v) is 2.91. The molecule has 1 aliphatic rings. The maximum atomic E-state index is 11.7. The highest BCUT2D eigenvalue weighted by atomic mass is 16.5. The zero-order valence-corrected chi connectivity index (χ0v) is 12.6. The number of aryl methyl sites for hydroxylation is 2. The van der Waals surface area contributed by atoms with Gasteiger partial charge in [-0.3, -0.25) is 9.69 Å². The maximum Gasteiger partial charge on any atom is 0.310 e. The van der Waals surface area contributed by atoms with Crippen molar-refractivity contribution < 1.29 is 9.53 Å². The van der Waals surface area contributed by atoms with Gasteiger partial charge in [0.1, 0.15) is 0 Å². The minimum Gasteiger partial charge on any atom is -0.469 e. The Hall–Kier alpha value is -1.39. The Morgan fingerprint density at radius 1 is 1.40 bits per heavy atom. The van der Waals surface area contributed by atoms with Crippen LogP contribution < -0.4 is 5.73 Å². The summed E-state index contributed by atoms with van der Waals surface area (Å²) in [7, 11) is 1.44. The Labute approximate surface area is 120 Å². The fraction of sp³-hybridized carbons (Fsp3) is 0.562. The van der Waals surface area contributed by atoms with Crippen LogP contribution in [0.25, 0.3) is 0 Å².